The van der Waals surface area contributed by atoms with Crippen LogP contribution in [0.25, 0.3) is 0 Å². The summed E-state index contributed by atoms with van der Waals surface area (Å²) in [7, 11) is 0. The highest BCUT2D eigenvalue weighted by Gasteiger charge is 2.13. The average molecular weight is 419 g/mol. The molecule has 4 nitrogen and oxygen atoms in total. The Kier molecular flexibility index (Phi) is 13.1. The zero-order chi connectivity index (χ0) is 22.2. The van der Waals surface area contributed by atoms with Gasteiger partial charge in [-0.2, -0.15) is 0 Å². The summed E-state index contributed by atoms with van der Waals surface area (Å²) in [6, 6.07) is 7.65. The Morgan fingerprint density at radius 2 is 1.27 bits per heavy atom. The first-order chi connectivity index (χ1) is 14.3. The molecule has 0 atom stereocenters. The van der Waals surface area contributed by atoms with Crippen LogP contribution < -0.4 is 4.74 Å². The van der Waals surface area contributed by atoms with E-state index in [1.807, 2.05) is 24.3 Å². The summed E-state index contributed by atoms with van der Waals surface area (Å²) < 4.78 is 10.6. The van der Waals surface area contributed by atoms with Crippen LogP contribution in [-0.2, 0) is 19.7 Å². The number of rotatable bonds is 15. The van der Waals surface area contributed by atoms with Gasteiger partial charge in [0.15, 0.2) is 0 Å². The molecule has 1 aromatic carbocycles. The van der Waals surface area contributed by atoms with Crippen molar-refractivity contribution in [3.8, 4) is 5.75 Å². The van der Waals surface area contributed by atoms with Gasteiger partial charge < -0.3 is 9.47 Å². The van der Waals surface area contributed by atoms with Gasteiger partial charge in [0.25, 0.3) is 0 Å². The Bertz CT molecular complexity index is 598. The minimum Gasteiger partial charge on any atom is -0.466 e. The Labute approximate surface area is 183 Å². The van der Waals surface area contributed by atoms with Gasteiger partial charge in [-0.1, -0.05) is 84.8 Å². The van der Waals surface area contributed by atoms with Crippen molar-refractivity contribution in [3.05, 3.63) is 29.8 Å². The number of carbonyl (C=O) groups is 2. The molecular weight excluding hydrogens is 376 g/mol. The number of hydrogen-bond acceptors (Lipinski definition) is 4. The first-order valence-electron chi connectivity index (χ1n) is 11.8. The second kappa shape index (κ2) is 15.0. The molecule has 0 bridgehead atoms. The molecule has 0 saturated carbocycles. The molecule has 1 aromatic rings. The van der Waals surface area contributed by atoms with Crippen LogP contribution in [0.5, 0.6) is 5.75 Å². The molecule has 0 fully saturated rings. The molecule has 30 heavy (non-hydrogen) atoms. The van der Waals surface area contributed by atoms with Gasteiger partial charge in [0.2, 0.25) is 0 Å². The molecule has 0 aliphatic carbocycles. The fourth-order valence-electron chi connectivity index (χ4n) is 3.24. The van der Waals surface area contributed by atoms with Crippen LogP contribution in [0.3, 0.4) is 0 Å². The Morgan fingerprint density at radius 3 is 1.83 bits per heavy atom. The molecule has 0 heterocycles. The van der Waals surface area contributed by atoms with E-state index in [1.54, 1.807) is 0 Å². The SMILES string of the molecule is CCCCCCCCCCOC(=O)CCCCC(=O)Oc1ccc(C(C)(C)C)cc1. The fourth-order valence-corrected chi connectivity index (χ4v) is 3.24. The van der Waals surface area contributed by atoms with Gasteiger partial charge in [0, 0.05) is 12.8 Å². The highest BCUT2D eigenvalue weighted by Crippen LogP contribution is 2.24. The lowest BCUT2D eigenvalue weighted by molar-refractivity contribution is -0.144. The van der Waals surface area contributed by atoms with Gasteiger partial charge in [0.1, 0.15) is 5.75 Å². The lowest BCUT2D eigenvalue weighted by Gasteiger charge is -2.18. The van der Waals surface area contributed by atoms with Crippen molar-refractivity contribution < 1.29 is 19.1 Å². The van der Waals surface area contributed by atoms with Crippen molar-refractivity contribution in [2.45, 2.75) is 110 Å². The number of benzene rings is 1. The number of ether oxygens (including phenoxy) is 2. The molecule has 0 radical (unpaired) electrons. The predicted octanol–water partition coefficient (Wildman–Crippen LogP) is 7.13. The monoisotopic (exact) mass is 418 g/mol. The maximum Gasteiger partial charge on any atom is 0.311 e. The lowest BCUT2D eigenvalue weighted by Crippen LogP contribution is -2.11. The largest absolute Gasteiger partial charge is 0.466 e. The van der Waals surface area contributed by atoms with Crippen molar-refractivity contribution in [2.75, 3.05) is 6.61 Å². The fraction of sp³-hybridized carbons (Fsp3) is 0.692. The van der Waals surface area contributed by atoms with Crippen LogP contribution in [0.2, 0.25) is 0 Å². The Morgan fingerprint density at radius 1 is 0.733 bits per heavy atom. The maximum atomic E-state index is 12.0. The highest BCUT2D eigenvalue weighted by atomic mass is 16.5. The number of hydrogen-bond donors (Lipinski definition) is 0. The smallest absolute Gasteiger partial charge is 0.311 e. The Balaban J connectivity index is 2.03. The van der Waals surface area contributed by atoms with Crippen molar-refractivity contribution in [2.24, 2.45) is 0 Å². The van der Waals surface area contributed by atoms with Crippen LogP contribution in [0.1, 0.15) is 110 Å². The minimum atomic E-state index is -0.259. The van der Waals surface area contributed by atoms with Crippen molar-refractivity contribution in [1.29, 1.82) is 0 Å². The lowest BCUT2D eigenvalue weighted by atomic mass is 9.87. The first kappa shape index (κ1) is 26.2. The minimum absolute atomic E-state index is 0.0748. The van der Waals surface area contributed by atoms with Crippen LogP contribution in [0.4, 0.5) is 0 Å². The van der Waals surface area contributed by atoms with Crippen molar-refractivity contribution in [1.82, 2.24) is 0 Å². The molecule has 0 saturated heterocycles. The summed E-state index contributed by atoms with van der Waals surface area (Å²) in [5.41, 5.74) is 1.28. The summed E-state index contributed by atoms with van der Waals surface area (Å²) in [4.78, 5) is 23.7. The van der Waals surface area contributed by atoms with Crippen LogP contribution in [-0.4, -0.2) is 18.5 Å². The van der Waals surface area contributed by atoms with E-state index in [9.17, 15) is 9.59 Å². The summed E-state index contributed by atoms with van der Waals surface area (Å²) in [5.74, 6) is 0.146. The third-order valence-corrected chi connectivity index (χ3v) is 5.22. The molecule has 0 unspecified atom stereocenters. The summed E-state index contributed by atoms with van der Waals surface area (Å²) >= 11 is 0. The number of carbonyl (C=O) groups excluding carboxylic acids is 2. The second-order valence-electron chi connectivity index (χ2n) is 9.15. The van der Waals surface area contributed by atoms with E-state index < -0.39 is 0 Å². The molecule has 170 valence electrons. The van der Waals surface area contributed by atoms with E-state index in [1.165, 1.54) is 44.1 Å². The van der Waals surface area contributed by atoms with Gasteiger partial charge >= 0.3 is 11.9 Å². The van der Waals surface area contributed by atoms with Crippen LogP contribution >= 0.6 is 0 Å². The maximum absolute atomic E-state index is 12.0. The molecule has 4 heteroatoms. The van der Waals surface area contributed by atoms with E-state index in [4.69, 9.17) is 9.47 Å². The predicted molar refractivity (Wildman–Crippen MR) is 123 cm³/mol. The van der Waals surface area contributed by atoms with Crippen molar-refractivity contribution in [3.63, 3.8) is 0 Å². The van der Waals surface area contributed by atoms with Gasteiger partial charge in [-0.3, -0.25) is 9.59 Å². The average Bonchev–Trinajstić information content (AvgIpc) is 2.70. The summed E-state index contributed by atoms with van der Waals surface area (Å²) in [6.45, 7) is 9.19. The third-order valence-electron chi connectivity index (χ3n) is 5.22. The van der Waals surface area contributed by atoms with E-state index in [2.05, 4.69) is 27.7 Å². The van der Waals surface area contributed by atoms with Gasteiger partial charge in [-0.15, -0.1) is 0 Å². The van der Waals surface area contributed by atoms with Gasteiger partial charge in [-0.05, 0) is 42.4 Å². The molecular formula is C26H42O4. The Hall–Kier alpha value is -1.84. The normalized spacial score (nSPS) is 11.3. The molecule has 0 aliphatic rings. The molecule has 1 rings (SSSR count). The number of esters is 2. The van der Waals surface area contributed by atoms with Crippen LogP contribution in [0, 0.1) is 0 Å². The van der Waals surface area contributed by atoms with Gasteiger partial charge in [0.05, 0.1) is 6.61 Å². The topological polar surface area (TPSA) is 52.6 Å². The summed E-state index contributed by atoms with van der Waals surface area (Å²) in [6.07, 6.45) is 11.8. The first-order valence-corrected chi connectivity index (χ1v) is 11.8. The quantitative estimate of drug-likeness (QED) is 0.173. The molecule has 0 N–H and O–H groups in total. The molecule has 0 amide bonds. The van der Waals surface area contributed by atoms with E-state index >= 15 is 0 Å². The molecule has 0 spiro atoms. The zero-order valence-electron chi connectivity index (χ0n) is 19.6. The molecule has 0 aromatic heterocycles. The number of unbranched alkanes of at least 4 members (excludes halogenated alkanes) is 8. The highest BCUT2D eigenvalue weighted by molar-refractivity contribution is 5.72. The second-order valence-corrected chi connectivity index (χ2v) is 9.15. The van der Waals surface area contributed by atoms with E-state index in [0.717, 1.165) is 12.8 Å². The van der Waals surface area contributed by atoms with Crippen LogP contribution in [0.15, 0.2) is 24.3 Å². The molecule has 0 aliphatic heterocycles. The van der Waals surface area contributed by atoms with E-state index in [-0.39, 0.29) is 17.4 Å². The summed E-state index contributed by atoms with van der Waals surface area (Å²) in [5, 5.41) is 0. The standard InChI is InChI=1S/C26H42O4/c1-5-6-7-8-9-10-11-14-21-29-24(27)15-12-13-16-25(28)30-23-19-17-22(18-20-23)26(2,3)4/h17-20H,5-16,21H2,1-4H3. The van der Waals surface area contributed by atoms with Crippen molar-refractivity contribution >= 4 is 11.9 Å². The third kappa shape index (κ3) is 12.7. The van der Waals surface area contributed by atoms with E-state index in [0.29, 0.717) is 38.0 Å². The van der Waals surface area contributed by atoms with Gasteiger partial charge in [-0.25, -0.2) is 0 Å². The zero-order valence-corrected chi connectivity index (χ0v) is 19.6.